The normalized spacial score (nSPS) is 11.2. The number of methoxy groups -OCH3 is 1. The Balaban J connectivity index is 1.94. The van der Waals surface area contributed by atoms with E-state index in [0.29, 0.717) is 11.3 Å². The van der Waals surface area contributed by atoms with E-state index < -0.39 is 10.0 Å². The second kappa shape index (κ2) is 6.37. The van der Waals surface area contributed by atoms with Crippen molar-refractivity contribution >= 4 is 15.9 Å². The van der Waals surface area contributed by atoms with E-state index in [4.69, 9.17) is 9.26 Å². The SMILES string of the molecule is COc1ccc(S(=O)(=O)Nc2oncc2-c2ccccc2)cc1C. The smallest absolute Gasteiger partial charge is 0.264 e. The number of anilines is 1. The third-order valence-corrected chi connectivity index (χ3v) is 4.89. The lowest BCUT2D eigenvalue weighted by atomic mass is 10.1. The van der Waals surface area contributed by atoms with Crippen molar-refractivity contribution in [3.05, 3.63) is 60.3 Å². The van der Waals surface area contributed by atoms with Crippen molar-refractivity contribution in [2.24, 2.45) is 0 Å². The highest BCUT2D eigenvalue weighted by molar-refractivity contribution is 7.92. The minimum absolute atomic E-state index is 0.0784. The van der Waals surface area contributed by atoms with Crippen LogP contribution in [0, 0.1) is 6.92 Å². The van der Waals surface area contributed by atoms with Crippen LogP contribution in [0.3, 0.4) is 0 Å². The lowest BCUT2D eigenvalue weighted by Gasteiger charge is -2.09. The summed E-state index contributed by atoms with van der Waals surface area (Å²) in [5.41, 5.74) is 2.10. The summed E-state index contributed by atoms with van der Waals surface area (Å²) in [5, 5.41) is 3.70. The Morgan fingerprint density at radius 1 is 1.12 bits per heavy atom. The number of benzene rings is 2. The van der Waals surface area contributed by atoms with Crippen molar-refractivity contribution in [2.45, 2.75) is 11.8 Å². The van der Waals surface area contributed by atoms with Crippen LogP contribution in [-0.4, -0.2) is 20.7 Å². The zero-order chi connectivity index (χ0) is 17.2. The summed E-state index contributed by atoms with van der Waals surface area (Å²) in [6, 6.07) is 13.9. The first-order chi connectivity index (χ1) is 11.5. The Labute approximate surface area is 140 Å². The van der Waals surface area contributed by atoms with Gasteiger partial charge in [0.1, 0.15) is 5.75 Å². The van der Waals surface area contributed by atoms with Gasteiger partial charge in [0.25, 0.3) is 10.0 Å². The number of sulfonamides is 1. The predicted molar refractivity (Wildman–Crippen MR) is 90.5 cm³/mol. The van der Waals surface area contributed by atoms with Crippen LogP contribution in [0.4, 0.5) is 5.88 Å². The summed E-state index contributed by atoms with van der Waals surface area (Å²) in [7, 11) is -2.26. The molecule has 1 heterocycles. The molecular formula is C17H16N2O4S. The molecule has 3 rings (SSSR count). The minimum Gasteiger partial charge on any atom is -0.496 e. The van der Waals surface area contributed by atoms with Gasteiger partial charge in [0, 0.05) is 0 Å². The van der Waals surface area contributed by atoms with Gasteiger partial charge >= 0.3 is 0 Å². The number of aryl methyl sites for hydroxylation is 1. The summed E-state index contributed by atoms with van der Waals surface area (Å²) < 4.78 is 37.9. The van der Waals surface area contributed by atoms with Crippen molar-refractivity contribution in [3.63, 3.8) is 0 Å². The van der Waals surface area contributed by atoms with Gasteiger partial charge in [-0.3, -0.25) is 0 Å². The molecule has 0 spiro atoms. The quantitative estimate of drug-likeness (QED) is 0.766. The van der Waals surface area contributed by atoms with E-state index >= 15 is 0 Å². The summed E-state index contributed by atoms with van der Waals surface area (Å²) in [4.78, 5) is 0.121. The maximum atomic E-state index is 12.6. The molecule has 0 saturated heterocycles. The number of rotatable bonds is 5. The molecule has 0 saturated carbocycles. The average molecular weight is 344 g/mol. The first-order valence-electron chi connectivity index (χ1n) is 7.19. The monoisotopic (exact) mass is 344 g/mol. The number of nitrogens with one attached hydrogen (secondary N) is 1. The van der Waals surface area contributed by atoms with Gasteiger partial charge in [0.15, 0.2) is 0 Å². The molecule has 7 heteroatoms. The summed E-state index contributed by atoms with van der Waals surface area (Å²) in [5.74, 6) is 0.702. The molecular weight excluding hydrogens is 328 g/mol. The van der Waals surface area contributed by atoms with Crippen LogP contribution in [-0.2, 0) is 10.0 Å². The van der Waals surface area contributed by atoms with Gasteiger partial charge in [-0.25, -0.2) is 13.1 Å². The Morgan fingerprint density at radius 3 is 2.54 bits per heavy atom. The van der Waals surface area contributed by atoms with Gasteiger partial charge in [-0.1, -0.05) is 35.5 Å². The van der Waals surface area contributed by atoms with E-state index in [1.54, 1.807) is 19.1 Å². The van der Waals surface area contributed by atoms with Crippen LogP contribution in [0.15, 0.2) is 64.1 Å². The molecule has 24 heavy (non-hydrogen) atoms. The van der Waals surface area contributed by atoms with Gasteiger partial charge in [0.05, 0.1) is 23.8 Å². The van der Waals surface area contributed by atoms with Crippen molar-refractivity contribution in [1.82, 2.24) is 5.16 Å². The fourth-order valence-electron chi connectivity index (χ4n) is 2.34. The first-order valence-corrected chi connectivity index (χ1v) is 8.67. The Morgan fingerprint density at radius 2 is 1.88 bits per heavy atom. The van der Waals surface area contributed by atoms with E-state index in [2.05, 4.69) is 9.88 Å². The number of hydrogen-bond donors (Lipinski definition) is 1. The van der Waals surface area contributed by atoms with Crippen molar-refractivity contribution < 1.29 is 17.7 Å². The molecule has 0 bridgehead atoms. The van der Waals surface area contributed by atoms with Crippen LogP contribution >= 0.6 is 0 Å². The molecule has 0 atom stereocenters. The van der Waals surface area contributed by atoms with Crippen LogP contribution in [0.2, 0.25) is 0 Å². The van der Waals surface area contributed by atoms with E-state index in [-0.39, 0.29) is 10.8 Å². The van der Waals surface area contributed by atoms with E-state index in [1.165, 1.54) is 19.4 Å². The molecule has 6 nitrogen and oxygen atoms in total. The largest absolute Gasteiger partial charge is 0.496 e. The van der Waals surface area contributed by atoms with E-state index in [1.807, 2.05) is 30.3 Å². The van der Waals surface area contributed by atoms with Crippen LogP contribution in [0.5, 0.6) is 5.75 Å². The molecule has 0 aliphatic heterocycles. The molecule has 1 N–H and O–H groups in total. The van der Waals surface area contributed by atoms with Crippen molar-refractivity contribution in [2.75, 3.05) is 11.8 Å². The maximum absolute atomic E-state index is 12.6. The highest BCUT2D eigenvalue weighted by Crippen LogP contribution is 2.30. The van der Waals surface area contributed by atoms with Crippen molar-refractivity contribution in [3.8, 4) is 16.9 Å². The first kappa shape index (κ1) is 16.1. The number of hydrogen-bond acceptors (Lipinski definition) is 5. The predicted octanol–water partition coefficient (Wildman–Crippen LogP) is 3.46. The molecule has 1 aromatic heterocycles. The maximum Gasteiger partial charge on any atom is 0.264 e. The molecule has 0 aliphatic carbocycles. The topological polar surface area (TPSA) is 81.4 Å². The minimum atomic E-state index is -3.80. The molecule has 0 aliphatic rings. The molecule has 3 aromatic rings. The van der Waals surface area contributed by atoms with Gasteiger partial charge in [-0.15, -0.1) is 0 Å². The summed E-state index contributed by atoms with van der Waals surface area (Å²) in [6.45, 7) is 1.78. The standard InChI is InChI=1S/C17H16N2O4S/c1-12-10-14(8-9-16(12)22-2)24(20,21)19-17-15(11-18-23-17)13-6-4-3-5-7-13/h3-11,19H,1-2H3. The average Bonchev–Trinajstić information content (AvgIpc) is 3.03. The lowest BCUT2D eigenvalue weighted by Crippen LogP contribution is -2.13. The second-order valence-electron chi connectivity index (χ2n) is 5.17. The zero-order valence-corrected chi connectivity index (χ0v) is 14.0. The highest BCUT2D eigenvalue weighted by Gasteiger charge is 2.20. The third kappa shape index (κ3) is 3.11. The number of ether oxygens (including phenoxy) is 1. The van der Waals surface area contributed by atoms with Crippen molar-refractivity contribution in [1.29, 1.82) is 0 Å². The summed E-state index contributed by atoms with van der Waals surface area (Å²) >= 11 is 0. The molecule has 0 radical (unpaired) electrons. The summed E-state index contributed by atoms with van der Waals surface area (Å²) in [6.07, 6.45) is 1.48. The third-order valence-electron chi connectivity index (χ3n) is 3.56. The van der Waals surface area contributed by atoms with Gasteiger partial charge in [-0.2, -0.15) is 0 Å². The van der Waals surface area contributed by atoms with Gasteiger partial charge in [0.2, 0.25) is 5.88 Å². The van der Waals surface area contributed by atoms with Crippen LogP contribution in [0.1, 0.15) is 5.56 Å². The van der Waals surface area contributed by atoms with Gasteiger partial charge in [-0.05, 0) is 36.2 Å². The van der Waals surface area contributed by atoms with Crippen LogP contribution < -0.4 is 9.46 Å². The fraction of sp³-hybridized carbons (Fsp3) is 0.118. The highest BCUT2D eigenvalue weighted by atomic mass is 32.2. The second-order valence-corrected chi connectivity index (χ2v) is 6.85. The number of nitrogens with zero attached hydrogens (tertiary/aromatic N) is 1. The molecule has 0 unspecified atom stereocenters. The Bertz CT molecular complexity index is 950. The Hall–Kier alpha value is -2.80. The molecule has 2 aromatic carbocycles. The molecule has 0 amide bonds. The molecule has 0 fully saturated rings. The molecule has 124 valence electrons. The zero-order valence-electron chi connectivity index (χ0n) is 13.2. The van der Waals surface area contributed by atoms with Crippen LogP contribution in [0.25, 0.3) is 11.1 Å². The Kier molecular flexibility index (Phi) is 4.26. The van der Waals surface area contributed by atoms with E-state index in [0.717, 1.165) is 11.1 Å². The fourth-order valence-corrected chi connectivity index (χ4v) is 3.42. The van der Waals surface area contributed by atoms with E-state index in [9.17, 15) is 8.42 Å². The lowest BCUT2D eigenvalue weighted by molar-refractivity contribution is 0.411. The number of aromatic nitrogens is 1. The van der Waals surface area contributed by atoms with Gasteiger partial charge < -0.3 is 9.26 Å².